The van der Waals surface area contributed by atoms with E-state index >= 15 is 0 Å². The van der Waals surface area contributed by atoms with Crippen molar-refractivity contribution < 1.29 is 4.39 Å². The number of rotatable bonds is 1. The van der Waals surface area contributed by atoms with Crippen LogP contribution in [-0.4, -0.2) is 9.55 Å². The van der Waals surface area contributed by atoms with Crippen LogP contribution in [0.25, 0.3) is 16.7 Å². The van der Waals surface area contributed by atoms with Crippen molar-refractivity contribution in [3.63, 3.8) is 0 Å². The lowest BCUT2D eigenvalue weighted by atomic mass is 10.2. The Kier molecular flexibility index (Phi) is 2.52. The molecule has 0 atom stereocenters. The highest BCUT2D eigenvalue weighted by atomic mass is 32.1. The molecule has 0 fully saturated rings. The molecule has 0 saturated carbocycles. The molecule has 0 spiro atoms. The van der Waals surface area contributed by atoms with Crippen LogP contribution in [0.15, 0.2) is 42.5 Å². The minimum Gasteiger partial charge on any atom is -0.330 e. The molecule has 3 rings (SSSR count). The van der Waals surface area contributed by atoms with E-state index in [4.69, 9.17) is 12.2 Å². The summed E-state index contributed by atoms with van der Waals surface area (Å²) in [6, 6.07) is 12.6. The zero-order valence-electron chi connectivity index (χ0n) is 9.77. The van der Waals surface area contributed by atoms with Crippen molar-refractivity contribution in [1.29, 1.82) is 0 Å². The van der Waals surface area contributed by atoms with E-state index < -0.39 is 0 Å². The maximum absolute atomic E-state index is 13.2. The summed E-state index contributed by atoms with van der Waals surface area (Å²) in [4.78, 5) is 3.03. The Bertz CT molecular complexity index is 786. The predicted octanol–water partition coefficient (Wildman–Crippen LogP) is 4.14. The van der Waals surface area contributed by atoms with Gasteiger partial charge in [-0.3, -0.25) is 4.57 Å². The molecule has 4 heteroatoms. The molecule has 0 bridgehead atoms. The SMILES string of the molecule is Cc1ccccc1-n1c(=S)[nH]c2cc(F)ccc21. The summed E-state index contributed by atoms with van der Waals surface area (Å²) in [5.41, 5.74) is 3.73. The largest absolute Gasteiger partial charge is 0.330 e. The molecule has 1 N–H and O–H groups in total. The van der Waals surface area contributed by atoms with Crippen LogP contribution in [0, 0.1) is 17.5 Å². The van der Waals surface area contributed by atoms with E-state index in [-0.39, 0.29) is 5.82 Å². The standard InChI is InChI=1S/C14H11FN2S/c1-9-4-2-3-5-12(9)17-13-7-6-10(15)8-11(13)16-14(17)18/h2-8H,1H3,(H,16,18). The van der Waals surface area contributed by atoms with E-state index in [2.05, 4.69) is 4.98 Å². The second kappa shape index (κ2) is 4.07. The topological polar surface area (TPSA) is 20.7 Å². The van der Waals surface area contributed by atoms with Crippen molar-refractivity contribution in [2.24, 2.45) is 0 Å². The number of H-pyrrole nitrogens is 1. The highest BCUT2D eigenvalue weighted by molar-refractivity contribution is 7.71. The predicted molar refractivity (Wildman–Crippen MR) is 73.2 cm³/mol. The Morgan fingerprint density at radius 2 is 1.94 bits per heavy atom. The molecule has 1 heterocycles. The van der Waals surface area contributed by atoms with Crippen molar-refractivity contribution in [1.82, 2.24) is 9.55 Å². The first-order valence-corrected chi connectivity index (χ1v) is 6.04. The molecular formula is C14H11FN2S. The second-order valence-corrected chi connectivity index (χ2v) is 4.60. The number of aromatic nitrogens is 2. The smallest absolute Gasteiger partial charge is 0.182 e. The first-order chi connectivity index (χ1) is 8.66. The number of hydrogen-bond acceptors (Lipinski definition) is 1. The monoisotopic (exact) mass is 258 g/mol. The van der Waals surface area contributed by atoms with Crippen molar-refractivity contribution in [3.8, 4) is 5.69 Å². The van der Waals surface area contributed by atoms with Crippen LogP contribution in [0.3, 0.4) is 0 Å². The van der Waals surface area contributed by atoms with Gasteiger partial charge in [0.15, 0.2) is 4.77 Å². The fourth-order valence-corrected chi connectivity index (χ4v) is 2.44. The highest BCUT2D eigenvalue weighted by Gasteiger charge is 2.08. The van der Waals surface area contributed by atoms with Gasteiger partial charge in [-0.15, -0.1) is 0 Å². The normalized spacial score (nSPS) is 11.0. The third-order valence-electron chi connectivity index (χ3n) is 3.00. The molecular weight excluding hydrogens is 247 g/mol. The Balaban J connectivity index is 2.40. The zero-order valence-corrected chi connectivity index (χ0v) is 10.6. The maximum atomic E-state index is 13.2. The number of nitrogens with one attached hydrogen (secondary N) is 1. The summed E-state index contributed by atoms with van der Waals surface area (Å²) < 4.78 is 15.7. The highest BCUT2D eigenvalue weighted by Crippen LogP contribution is 2.22. The van der Waals surface area contributed by atoms with E-state index in [0.717, 1.165) is 16.8 Å². The summed E-state index contributed by atoms with van der Waals surface area (Å²) in [5.74, 6) is -0.268. The Morgan fingerprint density at radius 3 is 2.72 bits per heavy atom. The number of nitrogens with zero attached hydrogens (tertiary/aromatic N) is 1. The first-order valence-electron chi connectivity index (χ1n) is 5.63. The van der Waals surface area contributed by atoms with Gasteiger partial charge in [-0.25, -0.2) is 4.39 Å². The van der Waals surface area contributed by atoms with Crippen LogP contribution in [0.4, 0.5) is 4.39 Å². The van der Waals surface area contributed by atoms with Crippen molar-refractivity contribution in [2.75, 3.05) is 0 Å². The molecule has 0 radical (unpaired) electrons. The number of halogens is 1. The number of benzene rings is 2. The lowest BCUT2D eigenvalue weighted by molar-refractivity contribution is 0.629. The third-order valence-corrected chi connectivity index (χ3v) is 3.29. The summed E-state index contributed by atoms with van der Waals surface area (Å²) in [6.45, 7) is 2.03. The number of para-hydroxylation sites is 1. The summed E-state index contributed by atoms with van der Waals surface area (Å²) in [5, 5.41) is 0. The third kappa shape index (κ3) is 1.66. The van der Waals surface area contributed by atoms with Gasteiger partial charge in [0.2, 0.25) is 0 Å². The van der Waals surface area contributed by atoms with E-state index in [0.29, 0.717) is 10.3 Å². The molecule has 2 aromatic carbocycles. The van der Waals surface area contributed by atoms with Gasteiger partial charge < -0.3 is 4.98 Å². The average molecular weight is 258 g/mol. The van der Waals surface area contributed by atoms with Crippen LogP contribution >= 0.6 is 12.2 Å². The van der Waals surface area contributed by atoms with Crippen LogP contribution < -0.4 is 0 Å². The maximum Gasteiger partial charge on any atom is 0.182 e. The molecule has 2 nitrogen and oxygen atoms in total. The van der Waals surface area contributed by atoms with Crippen molar-refractivity contribution >= 4 is 23.3 Å². The van der Waals surface area contributed by atoms with Gasteiger partial charge in [0.25, 0.3) is 0 Å². The van der Waals surface area contributed by atoms with Gasteiger partial charge in [-0.1, -0.05) is 18.2 Å². The Morgan fingerprint density at radius 1 is 1.17 bits per heavy atom. The van der Waals surface area contributed by atoms with E-state index in [1.165, 1.54) is 12.1 Å². The molecule has 0 unspecified atom stereocenters. The number of aromatic amines is 1. The van der Waals surface area contributed by atoms with Crippen LogP contribution in [0.5, 0.6) is 0 Å². The Hall–Kier alpha value is -1.94. The number of fused-ring (bicyclic) bond motifs is 1. The molecule has 0 amide bonds. The molecule has 18 heavy (non-hydrogen) atoms. The molecule has 0 saturated heterocycles. The van der Waals surface area contributed by atoms with Crippen LogP contribution in [-0.2, 0) is 0 Å². The van der Waals surface area contributed by atoms with Gasteiger partial charge in [-0.05, 0) is 49.0 Å². The lowest BCUT2D eigenvalue weighted by Gasteiger charge is -2.07. The van der Waals surface area contributed by atoms with E-state index in [1.54, 1.807) is 6.07 Å². The van der Waals surface area contributed by atoms with Gasteiger partial charge >= 0.3 is 0 Å². The number of imidazole rings is 1. The molecule has 0 aliphatic rings. The molecule has 90 valence electrons. The number of hydrogen-bond donors (Lipinski definition) is 1. The lowest BCUT2D eigenvalue weighted by Crippen LogP contribution is -1.96. The van der Waals surface area contributed by atoms with Crippen molar-refractivity contribution in [2.45, 2.75) is 6.92 Å². The summed E-state index contributed by atoms with van der Waals surface area (Å²) in [6.07, 6.45) is 0. The van der Waals surface area contributed by atoms with Crippen molar-refractivity contribution in [3.05, 3.63) is 58.6 Å². The quantitative estimate of drug-likeness (QED) is 0.651. The van der Waals surface area contributed by atoms with E-state index in [9.17, 15) is 4.39 Å². The number of aryl methyl sites for hydroxylation is 1. The van der Waals surface area contributed by atoms with Gasteiger partial charge in [0, 0.05) is 0 Å². The van der Waals surface area contributed by atoms with Gasteiger partial charge in [-0.2, -0.15) is 0 Å². The average Bonchev–Trinajstić information content (AvgIpc) is 2.65. The van der Waals surface area contributed by atoms with Gasteiger partial charge in [0.1, 0.15) is 5.82 Å². The van der Waals surface area contributed by atoms with Gasteiger partial charge in [0.05, 0.1) is 16.7 Å². The minimum atomic E-state index is -0.268. The first kappa shape index (κ1) is 11.2. The summed E-state index contributed by atoms with van der Waals surface area (Å²) in [7, 11) is 0. The molecule has 0 aliphatic carbocycles. The van der Waals surface area contributed by atoms with E-state index in [1.807, 2.05) is 35.8 Å². The molecule has 3 aromatic rings. The van der Waals surface area contributed by atoms with Crippen LogP contribution in [0.1, 0.15) is 5.56 Å². The summed E-state index contributed by atoms with van der Waals surface area (Å²) >= 11 is 5.32. The second-order valence-electron chi connectivity index (χ2n) is 4.21. The van der Waals surface area contributed by atoms with Crippen LogP contribution in [0.2, 0.25) is 0 Å². The Labute approximate surface area is 109 Å². The molecule has 1 aromatic heterocycles. The molecule has 0 aliphatic heterocycles. The minimum absolute atomic E-state index is 0.268. The fourth-order valence-electron chi connectivity index (χ4n) is 2.14. The zero-order chi connectivity index (χ0) is 12.7. The fraction of sp³-hybridized carbons (Fsp3) is 0.0714.